The number of thiophene rings is 1. The Morgan fingerprint density at radius 2 is 2.17 bits per heavy atom. The fourth-order valence-corrected chi connectivity index (χ4v) is 3.16. The molecule has 0 aliphatic heterocycles. The summed E-state index contributed by atoms with van der Waals surface area (Å²) in [6.07, 6.45) is -0.0831. The first-order valence-electron chi connectivity index (χ1n) is 7.10. The number of carbonyl (C=O) groups is 2. The lowest BCUT2D eigenvalue weighted by atomic mass is 10.0. The molecule has 0 radical (unpaired) electrons. The van der Waals surface area contributed by atoms with Gasteiger partial charge in [-0.1, -0.05) is 18.2 Å². The molecule has 0 saturated heterocycles. The highest BCUT2D eigenvalue weighted by Crippen LogP contribution is 2.26. The molecule has 23 heavy (non-hydrogen) atoms. The highest BCUT2D eigenvalue weighted by atomic mass is 32.1. The van der Waals surface area contributed by atoms with Gasteiger partial charge in [0.05, 0.1) is 19.6 Å². The van der Waals surface area contributed by atoms with Gasteiger partial charge in [-0.25, -0.2) is 4.79 Å². The zero-order valence-electron chi connectivity index (χ0n) is 12.7. The van der Waals surface area contributed by atoms with Gasteiger partial charge in [-0.3, -0.25) is 4.79 Å². The third kappa shape index (κ3) is 4.44. The van der Waals surface area contributed by atoms with Crippen molar-refractivity contribution in [1.29, 1.82) is 5.26 Å². The minimum Gasteiger partial charge on any atom is -0.453 e. The van der Waals surface area contributed by atoms with Crippen LogP contribution in [-0.4, -0.2) is 31.7 Å². The molecule has 1 heterocycles. The first kappa shape index (κ1) is 16.8. The number of nitriles is 1. The largest absolute Gasteiger partial charge is 0.453 e. The van der Waals surface area contributed by atoms with Gasteiger partial charge in [-0.2, -0.15) is 5.26 Å². The first-order valence-corrected chi connectivity index (χ1v) is 7.98. The topological polar surface area (TPSA) is 91.2 Å². The van der Waals surface area contributed by atoms with E-state index in [1.807, 2.05) is 35.7 Å². The summed E-state index contributed by atoms with van der Waals surface area (Å²) in [6.45, 7) is 0.249. The highest BCUT2D eigenvalue weighted by molar-refractivity contribution is 7.17. The van der Waals surface area contributed by atoms with Crippen molar-refractivity contribution in [3.05, 3.63) is 35.2 Å². The van der Waals surface area contributed by atoms with Crippen LogP contribution in [0.25, 0.3) is 10.1 Å². The molecule has 0 bridgehead atoms. The number of alkyl carbamates (subject to hydrolysis) is 1. The molecular formula is C16H17N3O3S. The van der Waals surface area contributed by atoms with E-state index in [0.29, 0.717) is 6.42 Å². The summed E-state index contributed by atoms with van der Waals surface area (Å²) in [5.74, 6) is -0.332. The van der Waals surface area contributed by atoms with Crippen LogP contribution in [0.5, 0.6) is 0 Å². The predicted octanol–water partition coefficient (Wildman–Crippen LogP) is 2.20. The molecule has 0 aliphatic carbocycles. The zero-order valence-corrected chi connectivity index (χ0v) is 13.5. The van der Waals surface area contributed by atoms with Crippen molar-refractivity contribution in [2.45, 2.75) is 18.9 Å². The quantitative estimate of drug-likeness (QED) is 0.794. The van der Waals surface area contributed by atoms with Gasteiger partial charge in [0, 0.05) is 17.7 Å². The molecule has 7 heteroatoms. The average Bonchev–Trinajstić information content (AvgIpc) is 2.97. The van der Waals surface area contributed by atoms with Gasteiger partial charge >= 0.3 is 6.09 Å². The Morgan fingerprint density at radius 1 is 1.39 bits per heavy atom. The van der Waals surface area contributed by atoms with E-state index in [9.17, 15) is 9.59 Å². The maximum Gasteiger partial charge on any atom is 0.407 e. The first-order chi connectivity index (χ1) is 11.2. The molecule has 0 spiro atoms. The number of nitrogens with zero attached hydrogens (tertiary/aromatic N) is 1. The van der Waals surface area contributed by atoms with Gasteiger partial charge in [0.15, 0.2) is 0 Å². The predicted molar refractivity (Wildman–Crippen MR) is 88.1 cm³/mol. The van der Waals surface area contributed by atoms with E-state index >= 15 is 0 Å². The number of fused-ring (bicyclic) bond motifs is 1. The van der Waals surface area contributed by atoms with Crippen molar-refractivity contribution in [2.75, 3.05) is 13.7 Å². The molecule has 1 aromatic carbocycles. The smallest absolute Gasteiger partial charge is 0.407 e. The van der Waals surface area contributed by atoms with Gasteiger partial charge in [0.2, 0.25) is 5.91 Å². The molecular weight excluding hydrogens is 314 g/mol. The summed E-state index contributed by atoms with van der Waals surface area (Å²) < 4.78 is 5.71. The van der Waals surface area contributed by atoms with Crippen LogP contribution in [0.3, 0.4) is 0 Å². The van der Waals surface area contributed by atoms with Crippen LogP contribution >= 0.6 is 11.3 Å². The Kier molecular flexibility index (Phi) is 5.94. The van der Waals surface area contributed by atoms with Gasteiger partial charge < -0.3 is 15.4 Å². The molecule has 0 aliphatic rings. The van der Waals surface area contributed by atoms with Crippen LogP contribution in [0.4, 0.5) is 4.79 Å². The van der Waals surface area contributed by atoms with E-state index in [1.54, 1.807) is 11.3 Å². The molecule has 0 saturated carbocycles. The van der Waals surface area contributed by atoms with Crippen LogP contribution < -0.4 is 10.6 Å². The number of methoxy groups -OCH3 is 1. The summed E-state index contributed by atoms with van der Waals surface area (Å²) in [5, 5.41) is 16.8. The fraction of sp³-hybridized carbons (Fsp3) is 0.312. The van der Waals surface area contributed by atoms with Gasteiger partial charge in [-0.05, 0) is 22.4 Å². The molecule has 2 amide bonds. The molecule has 1 aromatic heterocycles. The maximum atomic E-state index is 12.2. The second-order valence-electron chi connectivity index (χ2n) is 4.85. The minimum absolute atomic E-state index is 0.220. The van der Waals surface area contributed by atoms with Crippen molar-refractivity contribution in [2.24, 2.45) is 0 Å². The second kappa shape index (κ2) is 8.15. The zero-order chi connectivity index (χ0) is 16.7. The molecule has 2 aromatic rings. The van der Waals surface area contributed by atoms with Crippen molar-refractivity contribution in [3.63, 3.8) is 0 Å². The molecule has 1 unspecified atom stereocenters. The van der Waals surface area contributed by atoms with E-state index in [2.05, 4.69) is 15.4 Å². The van der Waals surface area contributed by atoms with Gasteiger partial charge in [0.25, 0.3) is 0 Å². The van der Waals surface area contributed by atoms with Crippen LogP contribution in [-0.2, 0) is 16.0 Å². The number of hydrogen-bond donors (Lipinski definition) is 2. The van der Waals surface area contributed by atoms with Crippen LogP contribution in [0, 0.1) is 11.3 Å². The molecule has 0 fully saturated rings. The number of rotatable bonds is 6. The lowest BCUT2D eigenvalue weighted by Crippen LogP contribution is -2.48. The Balaban J connectivity index is 2.14. The molecule has 2 rings (SSSR count). The van der Waals surface area contributed by atoms with Crippen LogP contribution in [0.15, 0.2) is 29.6 Å². The third-order valence-corrected chi connectivity index (χ3v) is 4.33. The van der Waals surface area contributed by atoms with Crippen LogP contribution in [0.2, 0.25) is 0 Å². The number of benzene rings is 1. The summed E-state index contributed by atoms with van der Waals surface area (Å²) in [5.41, 5.74) is 0.988. The Bertz CT molecular complexity index is 735. The number of amides is 2. The van der Waals surface area contributed by atoms with Crippen molar-refractivity contribution in [1.82, 2.24) is 10.6 Å². The summed E-state index contributed by atoms with van der Waals surface area (Å²) in [4.78, 5) is 23.7. The summed E-state index contributed by atoms with van der Waals surface area (Å²) in [6, 6.07) is 9.11. The summed E-state index contributed by atoms with van der Waals surface area (Å²) >= 11 is 1.60. The number of nitrogens with one attached hydrogen (secondary N) is 2. The Morgan fingerprint density at radius 3 is 2.91 bits per heavy atom. The van der Waals surface area contributed by atoms with E-state index in [0.717, 1.165) is 15.6 Å². The number of carbonyl (C=O) groups excluding carboxylic acids is 2. The molecule has 6 nitrogen and oxygen atoms in total. The molecule has 120 valence electrons. The van der Waals surface area contributed by atoms with Crippen LogP contribution in [0.1, 0.15) is 12.0 Å². The fourth-order valence-electron chi connectivity index (χ4n) is 2.19. The third-order valence-electron chi connectivity index (χ3n) is 3.32. The van der Waals surface area contributed by atoms with E-state index in [4.69, 9.17) is 5.26 Å². The summed E-state index contributed by atoms with van der Waals surface area (Å²) in [7, 11) is 1.25. The van der Waals surface area contributed by atoms with E-state index < -0.39 is 12.1 Å². The second-order valence-corrected chi connectivity index (χ2v) is 5.76. The Labute approximate surface area is 138 Å². The van der Waals surface area contributed by atoms with Crippen molar-refractivity contribution >= 4 is 33.4 Å². The van der Waals surface area contributed by atoms with E-state index in [-0.39, 0.29) is 18.9 Å². The Hall–Kier alpha value is -2.59. The number of ether oxygens (including phenoxy) is 1. The van der Waals surface area contributed by atoms with Crippen molar-refractivity contribution in [3.8, 4) is 6.07 Å². The molecule has 1 atom stereocenters. The lowest BCUT2D eigenvalue weighted by molar-refractivity contribution is -0.122. The average molecular weight is 331 g/mol. The lowest BCUT2D eigenvalue weighted by Gasteiger charge is -2.17. The normalized spacial score (nSPS) is 11.5. The van der Waals surface area contributed by atoms with Crippen molar-refractivity contribution < 1.29 is 14.3 Å². The standard InChI is InChI=1S/C16H17N3O3S/c1-22-16(21)19-13(15(20)18-8-4-7-17)9-11-10-23-14-6-3-2-5-12(11)14/h2-3,5-6,10,13H,4,8-9H2,1H3,(H,18,20)(H,19,21). The van der Waals surface area contributed by atoms with E-state index in [1.165, 1.54) is 7.11 Å². The maximum absolute atomic E-state index is 12.2. The SMILES string of the molecule is COC(=O)NC(Cc1csc2ccccc12)C(=O)NCCC#N. The minimum atomic E-state index is -0.751. The highest BCUT2D eigenvalue weighted by Gasteiger charge is 2.22. The molecule has 2 N–H and O–H groups in total. The number of hydrogen-bond acceptors (Lipinski definition) is 5. The monoisotopic (exact) mass is 331 g/mol. The van der Waals surface area contributed by atoms with Gasteiger partial charge in [0.1, 0.15) is 6.04 Å². The van der Waals surface area contributed by atoms with Gasteiger partial charge in [-0.15, -0.1) is 11.3 Å².